The van der Waals surface area contributed by atoms with E-state index in [2.05, 4.69) is 48.2 Å². The van der Waals surface area contributed by atoms with Crippen LogP contribution < -0.4 is 27.6 Å². The lowest BCUT2D eigenvalue weighted by atomic mass is 9.79. The maximum absolute atomic E-state index is 10.4. The molecule has 0 unspecified atom stereocenters. The van der Waals surface area contributed by atoms with E-state index in [1.165, 1.54) is 18.5 Å². The third-order valence-electron chi connectivity index (χ3n) is 5.39. The quantitative estimate of drug-likeness (QED) is 0.237. The van der Waals surface area contributed by atoms with Gasteiger partial charge in [-0.15, -0.1) is 10.2 Å². The van der Waals surface area contributed by atoms with Gasteiger partial charge < -0.3 is 27.3 Å². The van der Waals surface area contributed by atoms with E-state index in [1.54, 1.807) is 11.1 Å². The van der Waals surface area contributed by atoms with E-state index in [1.807, 2.05) is 0 Å². The summed E-state index contributed by atoms with van der Waals surface area (Å²) in [5, 5.41) is 31.5. The Bertz CT molecular complexity index is 1000. The molecule has 2 aromatic rings. The van der Waals surface area contributed by atoms with E-state index in [9.17, 15) is 5.11 Å². The summed E-state index contributed by atoms with van der Waals surface area (Å²) in [7, 11) is 0. The number of aromatic hydroxyl groups is 1. The molecule has 166 valence electrons. The van der Waals surface area contributed by atoms with Gasteiger partial charge in [-0.05, 0) is 52.7 Å². The van der Waals surface area contributed by atoms with Crippen molar-refractivity contribution in [2.45, 2.75) is 57.7 Å². The zero-order chi connectivity index (χ0) is 23.0. The van der Waals surface area contributed by atoms with E-state index in [-0.39, 0.29) is 28.6 Å². The highest BCUT2D eigenvalue weighted by Crippen LogP contribution is 2.35. The van der Waals surface area contributed by atoms with Crippen molar-refractivity contribution < 1.29 is 5.11 Å². The highest BCUT2D eigenvalue weighted by Gasteiger charge is 2.40. The minimum Gasteiger partial charge on any atom is -0.506 e. The van der Waals surface area contributed by atoms with Crippen LogP contribution in [0.25, 0.3) is 17.0 Å². The number of nitrogens with zero attached hydrogens (tertiary/aromatic N) is 4. The topological polar surface area (TPSA) is 176 Å². The fraction of sp³-hybridized carbons (Fsp3) is 0.429. The summed E-state index contributed by atoms with van der Waals surface area (Å²) in [5.41, 5.74) is 13.4. The molecule has 1 fully saturated rings. The molecule has 0 aliphatic carbocycles. The fourth-order valence-corrected chi connectivity index (χ4v) is 4.39. The van der Waals surface area contributed by atoms with Crippen molar-refractivity contribution in [1.82, 2.24) is 20.5 Å². The lowest BCUT2D eigenvalue weighted by Gasteiger charge is -2.48. The minimum absolute atomic E-state index is 0.0297. The molecule has 0 radical (unpaired) electrons. The first-order valence-electron chi connectivity index (χ1n) is 10.0. The average Bonchev–Trinajstić information content (AvgIpc) is 2.66. The molecule has 0 saturated carbocycles. The Hall–Kier alpha value is -3.24. The van der Waals surface area contributed by atoms with Gasteiger partial charge in [0.1, 0.15) is 17.1 Å². The molecule has 1 aliphatic heterocycles. The third kappa shape index (κ3) is 4.75. The Morgan fingerprint density at radius 3 is 2.39 bits per heavy atom. The normalized spacial score (nSPS) is 18.5. The van der Waals surface area contributed by atoms with Gasteiger partial charge >= 0.3 is 0 Å². The largest absolute Gasteiger partial charge is 0.506 e. The number of hydrazine groups is 1. The average molecular weight is 426 g/mol. The summed E-state index contributed by atoms with van der Waals surface area (Å²) in [6, 6.07) is 3.09. The van der Waals surface area contributed by atoms with Gasteiger partial charge in [0.2, 0.25) is 0 Å². The van der Waals surface area contributed by atoms with Gasteiger partial charge in [-0.1, -0.05) is 0 Å². The van der Waals surface area contributed by atoms with Crippen molar-refractivity contribution in [3.63, 3.8) is 0 Å². The Morgan fingerprint density at radius 2 is 1.87 bits per heavy atom. The van der Waals surface area contributed by atoms with Crippen LogP contribution in [-0.4, -0.2) is 43.6 Å². The van der Waals surface area contributed by atoms with Crippen LogP contribution in [0.4, 0.5) is 11.5 Å². The van der Waals surface area contributed by atoms with Crippen LogP contribution in [0.5, 0.6) is 5.75 Å². The van der Waals surface area contributed by atoms with Gasteiger partial charge in [-0.3, -0.25) is 5.01 Å². The Morgan fingerprint density at radius 1 is 1.23 bits per heavy atom. The van der Waals surface area contributed by atoms with E-state index in [4.69, 9.17) is 22.7 Å². The molecular weight excluding hydrogens is 394 g/mol. The summed E-state index contributed by atoms with van der Waals surface area (Å²) < 4.78 is 0. The molecule has 9 N–H and O–H groups in total. The number of hydrogen-bond acceptors (Lipinski definition) is 10. The second kappa shape index (κ2) is 8.12. The zero-order valence-corrected chi connectivity index (χ0v) is 18.3. The van der Waals surface area contributed by atoms with Crippen molar-refractivity contribution in [3.05, 3.63) is 30.1 Å². The van der Waals surface area contributed by atoms with Gasteiger partial charge in [-0.25, -0.2) is 10.8 Å². The van der Waals surface area contributed by atoms with Gasteiger partial charge in [0.05, 0.1) is 11.7 Å². The molecule has 3 rings (SSSR count). The van der Waals surface area contributed by atoms with Crippen molar-refractivity contribution in [2.75, 3.05) is 10.7 Å². The number of nitrogens with one attached hydrogen (secondary N) is 2. The number of piperidine rings is 1. The standard InChI is InChI=1S/C21H31N9O/c1-20(2)7-14(8-21(3,4)29-20)30(25)19-15(24)6-16(27-28-19)18-17(31)5-12(11-26-18)13(9-22)10-23/h5-6,9-11,14,22,29,31H,7-8,23,25H2,1-4H3,(H2,24,27). The number of hydrogen-bond donors (Lipinski definition) is 6. The molecule has 1 saturated heterocycles. The number of rotatable bonds is 5. The van der Waals surface area contributed by atoms with E-state index < -0.39 is 0 Å². The molecular formula is C21H31N9O. The summed E-state index contributed by atoms with van der Waals surface area (Å²) in [6.45, 7) is 8.59. The monoisotopic (exact) mass is 425 g/mol. The molecule has 31 heavy (non-hydrogen) atoms. The van der Waals surface area contributed by atoms with Crippen molar-refractivity contribution >= 4 is 23.3 Å². The summed E-state index contributed by atoms with van der Waals surface area (Å²) >= 11 is 0. The first kappa shape index (κ1) is 22.4. The molecule has 10 nitrogen and oxygen atoms in total. The van der Waals surface area contributed by atoms with Crippen LogP contribution in [0.3, 0.4) is 0 Å². The van der Waals surface area contributed by atoms with Crippen molar-refractivity contribution in [3.8, 4) is 17.1 Å². The number of nitrogens with two attached hydrogens (primary N) is 3. The van der Waals surface area contributed by atoms with Gasteiger partial charge in [0.25, 0.3) is 0 Å². The molecule has 3 heterocycles. The summed E-state index contributed by atoms with van der Waals surface area (Å²) in [5.74, 6) is 6.70. The van der Waals surface area contributed by atoms with Crippen LogP contribution in [-0.2, 0) is 0 Å². The lowest BCUT2D eigenvalue weighted by Crippen LogP contribution is -2.63. The van der Waals surface area contributed by atoms with Gasteiger partial charge in [0.15, 0.2) is 5.82 Å². The first-order valence-corrected chi connectivity index (χ1v) is 10.0. The number of allylic oxidation sites excluding steroid dienone is 1. The van der Waals surface area contributed by atoms with Crippen LogP contribution in [0.1, 0.15) is 46.1 Å². The Kier molecular flexibility index (Phi) is 5.88. The molecule has 0 aromatic carbocycles. The van der Waals surface area contributed by atoms with Crippen molar-refractivity contribution in [2.24, 2.45) is 11.6 Å². The molecule has 0 bridgehead atoms. The highest BCUT2D eigenvalue weighted by molar-refractivity contribution is 6.08. The smallest absolute Gasteiger partial charge is 0.188 e. The fourth-order valence-electron chi connectivity index (χ4n) is 4.39. The van der Waals surface area contributed by atoms with E-state index in [0.29, 0.717) is 28.3 Å². The molecule has 2 aromatic heterocycles. The predicted molar refractivity (Wildman–Crippen MR) is 123 cm³/mol. The Balaban J connectivity index is 1.89. The van der Waals surface area contributed by atoms with Crippen molar-refractivity contribution in [1.29, 1.82) is 5.41 Å². The second-order valence-electron chi connectivity index (χ2n) is 9.23. The molecule has 10 heteroatoms. The van der Waals surface area contributed by atoms with Gasteiger partial charge in [-0.2, -0.15) is 0 Å². The van der Waals surface area contributed by atoms with Crippen LogP contribution in [0.15, 0.2) is 24.5 Å². The Labute approximate surface area is 182 Å². The maximum Gasteiger partial charge on any atom is 0.188 e. The van der Waals surface area contributed by atoms with Crippen LogP contribution >= 0.6 is 0 Å². The second-order valence-corrected chi connectivity index (χ2v) is 9.23. The number of aromatic nitrogens is 3. The van der Waals surface area contributed by atoms with E-state index >= 15 is 0 Å². The SMILES string of the molecule is CC1(C)CC(N(N)c2nnc(-c3ncc(C(C=N)=CN)cc3O)cc2N)CC(C)(C)N1. The summed E-state index contributed by atoms with van der Waals surface area (Å²) in [6.07, 6.45) is 5.50. The maximum atomic E-state index is 10.4. The van der Waals surface area contributed by atoms with Crippen LogP contribution in [0.2, 0.25) is 0 Å². The number of pyridine rings is 1. The lowest BCUT2D eigenvalue weighted by molar-refractivity contribution is 0.158. The summed E-state index contributed by atoms with van der Waals surface area (Å²) in [4.78, 5) is 4.25. The molecule has 1 aliphatic rings. The van der Waals surface area contributed by atoms with Crippen LogP contribution in [0, 0.1) is 5.41 Å². The highest BCUT2D eigenvalue weighted by atomic mass is 16.3. The number of anilines is 2. The molecule has 0 atom stereocenters. The van der Waals surface area contributed by atoms with Gasteiger partial charge in [0, 0.05) is 40.8 Å². The van der Waals surface area contributed by atoms with E-state index in [0.717, 1.165) is 19.1 Å². The predicted octanol–water partition coefficient (Wildman–Crippen LogP) is 1.76. The molecule has 0 amide bonds. The number of nitrogen functional groups attached to an aromatic ring is 1. The first-order chi connectivity index (χ1) is 14.5. The zero-order valence-electron chi connectivity index (χ0n) is 18.3. The molecule has 0 spiro atoms. The minimum atomic E-state index is -0.119. The third-order valence-corrected chi connectivity index (χ3v) is 5.39.